The maximum atomic E-state index is 14.1. The molecule has 14 unspecified atom stereocenters. The lowest BCUT2D eigenvalue weighted by atomic mass is 9.97. The summed E-state index contributed by atoms with van der Waals surface area (Å²) < 4.78 is 59.9. The van der Waals surface area contributed by atoms with Crippen molar-refractivity contribution in [1.29, 1.82) is 0 Å². The van der Waals surface area contributed by atoms with Gasteiger partial charge in [0.1, 0.15) is 66.4 Å². The van der Waals surface area contributed by atoms with Gasteiger partial charge in [0.25, 0.3) is 0 Å². The van der Waals surface area contributed by atoms with Gasteiger partial charge < -0.3 is 108 Å². The molecule has 23 nitrogen and oxygen atoms in total. The molecule has 3 aliphatic heterocycles. The number of fused-ring (bicyclic) bond motifs is 1. The van der Waals surface area contributed by atoms with Crippen LogP contribution >= 0.6 is 0 Å². The van der Waals surface area contributed by atoms with E-state index in [9.17, 15) is 61.0 Å². The van der Waals surface area contributed by atoms with E-state index in [0.717, 1.165) is 27.4 Å². The second-order valence-electron chi connectivity index (χ2n) is 13.3. The summed E-state index contributed by atoms with van der Waals surface area (Å²) in [6.45, 7) is -1.50. The standard InChI is InChI=1S/C35H44O23/c1-48-12-6-5-10(7-11(12)37)26-31(18(40)15-17(39)29(49-2)25(47)30(50-3)28(15)55-26)57-33-21(43)16(38)14(9-52-33)54-34-24(46)20(42)27(13(8-36)53-34)56-35-23(45)19(41)22(44)32(51-4)58-35/h5-7,13-14,16,19-24,27,32-39,41-47H,8-9H2,1-4H3. The molecule has 0 amide bonds. The van der Waals surface area contributed by atoms with Gasteiger partial charge in [-0.2, -0.15) is 0 Å². The maximum Gasteiger partial charge on any atom is 0.239 e. The zero-order chi connectivity index (χ0) is 42.3. The second-order valence-corrected chi connectivity index (χ2v) is 13.3. The van der Waals surface area contributed by atoms with E-state index in [-0.39, 0.29) is 11.3 Å². The number of hydrogen-bond acceptors (Lipinski definition) is 23. The number of benzene rings is 2. The van der Waals surface area contributed by atoms with Crippen LogP contribution in [-0.2, 0) is 28.4 Å². The van der Waals surface area contributed by atoms with Crippen LogP contribution in [0, 0.1) is 0 Å². The third-order valence-corrected chi connectivity index (χ3v) is 9.86. The van der Waals surface area contributed by atoms with Crippen molar-refractivity contribution in [3.05, 3.63) is 28.4 Å². The summed E-state index contributed by atoms with van der Waals surface area (Å²) in [6.07, 6.45) is -24.8. The summed E-state index contributed by atoms with van der Waals surface area (Å²) in [5.41, 5.74) is -1.60. The van der Waals surface area contributed by atoms with Gasteiger partial charge in [0.2, 0.25) is 34.7 Å². The SMILES string of the molecule is COc1ccc(-c2oc3c(OC)c(O)c(OC)c(O)c3c(=O)c2OC2OCC(OC3OC(CO)C(OC4OC(OC)C(O)C(O)C4O)C(O)C3O)C(O)C2O)cc1O. The Balaban J connectivity index is 1.24. The van der Waals surface area contributed by atoms with Crippen LogP contribution in [0.4, 0.5) is 0 Å². The van der Waals surface area contributed by atoms with E-state index in [2.05, 4.69) is 0 Å². The van der Waals surface area contributed by atoms with E-state index in [1.807, 2.05) is 0 Å². The number of methoxy groups -OCH3 is 4. The van der Waals surface area contributed by atoms with E-state index < -0.39 is 156 Å². The van der Waals surface area contributed by atoms with Crippen molar-refractivity contribution in [3.8, 4) is 51.6 Å². The van der Waals surface area contributed by atoms with Crippen LogP contribution in [0.15, 0.2) is 27.4 Å². The van der Waals surface area contributed by atoms with Crippen LogP contribution in [0.2, 0.25) is 0 Å². The van der Waals surface area contributed by atoms with E-state index in [0.29, 0.717) is 0 Å². The molecule has 6 rings (SSSR count). The molecule has 4 heterocycles. The van der Waals surface area contributed by atoms with Gasteiger partial charge in [0.15, 0.2) is 47.5 Å². The third kappa shape index (κ3) is 7.66. The van der Waals surface area contributed by atoms with Crippen molar-refractivity contribution in [3.63, 3.8) is 0 Å². The van der Waals surface area contributed by atoms with E-state index >= 15 is 0 Å². The summed E-state index contributed by atoms with van der Waals surface area (Å²) in [5, 5.41) is 117. The van der Waals surface area contributed by atoms with Crippen molar-refractivity contribution >= 4 is 11.0 Å². The average molecular weight is 833 g/mol. The summed E-state index contributed by atoms with van der Waals surface area (Å²) in [5.74, 6) is -4.10. The molecule has 1 aromatic heterocycles. The predicted molar refractivity (Wildman–Crippen MR) is 186 cm³/mol. The Morgan fingerprint density at radius 1 is 0.690 bits per heavy atom. The van der Waals surface area contributed by atoms with Gasteiger partial charge >= 0.3 is 0 Å². The Kier molecular flexibility index (Phi) is 13.1. The number of hydrogen-bond donors (Lipinski definition) is 11. The van der Waals surface area contributed by atoms with Gasteiger partial charge in [-0.1, -0.05) is 0 Å². The highest BCUT2D eigenvalue weighted by molar-refractivity contribution is 5.96. The van der Waals surface area contributed by atoms with Gasteiger partial charge in [-0.25, -0.2) is 0 Å². The lowest BCUT2D eigenvalue weighted by molar-refractivity contribution is -0.386. The zero-order valence-electron chi connectivity index (χ0n) is 31.0. The van der Waals surface area contributed by atoms with Crippen molar-refractivity contribution < 1.29 is 108 Å². The summed E-state index contributed by atoms with van der Waals surface area (Å²) >= 11 is 0. The van der Waals surface area contributed by atoms with Gasteiger partial charge in [-0.15, -0.1) is 0 Å². The molecule has 23 heteroatoms. The summed E-state index contributed by atoms with van der Waals surface area (Å²) in [4.78, 5) is 14.1. The van der Waals surface area contributed by atoms with Gasteiger partial charge in [0, 0.05) is 12.7 Å². The quantitative estimate of drug-likeness (QED) is 0.0850. The molecule has 2 aromatic carbocycles. The number of phenolic OH excluding ortho intramolecular Hbond substituents is 3. The van der Waals surface area contributed by atoms with Crippen molar-refractivity contribution in [2.75, 3.05) is 41.7 Å². The molecular formula is C35H44O23. The highest BCUT2D eigenvalue weighted by Gasteiger charge is 2.52. The molecule has 3 saturated heterocycles. The topological polar surface area (TPSA) is 345 Å². The molecule has 3 aliphatic rings. The number of aliphatic hydroxyl groups is 8. The van der Waals surface area contributed by atoms with Crippen LogP contribution < -0.4 is 24.4 Å². The summed E-state index contributed by atoms with van der Waals surface area (Å²) in [6, 6.07) is 3.82. The van der Waals surface area contributed by atoms with Crippen molar-refractivity contribution in [1.82, 2.24) is 0 Å². The maximum absolute atomic E-state index is 14.1. The second kappa shape index (κ2) is 17.5. The number of phenols is 3. The molecule has 0 radical (unpaired) electrons. The largest absolute Gasteiger partial charge is 0.504 e. The number of ether oxygens (including phenoxy) is 10. The molecule has 3 fully saturated rings. The first-order valence-electron chi connectivity index (χ1n) is 17.5. The molecule has 322 valence electrons. The molecular weight excluding hydrogens is 788 g/mol. The number of aliphatic hydroxyl groups excluding tert-OH is 8. The van der Waals surface area contributed by atoms with Crippen LogP contribution in [-0.4, -0.2) is 184 Å². The Morgan fingerprint density at radius 2 is 1.33 bits per heavy atom. The van der Waals surface area contributed by atoms with Crippen LogP contribution in [0.3, 0.4) is 0 Å². The Labute approximate surface area is 326 Å². The lowest BCUT2D eigenvalue weighted by Crippen LogP contribution is -2.65. The fourth-order valence-electron chi connectivity index (χ4n) is 6.73. The number of rotatable bonds is 12. The van der Waals surface area contributed by atoms with E-state index in [1.165, 1.54) is 19.2 Å². The lowest BCUT2D eigenvalue weighted by Gasteiger charge is -2.47. The normalized spacial score (nSPS) is 34.1. The van der Waals surface area contributed by atoms with Crippen LogP contribution in [0.5, 0.6) is 40.2 Å². The molecule has 0 aliphatic carbocycles. The molecule has 0 saturated carbocycles. The monoisotopic (exact) mass is 832 g/mol. The van der Waals surface area contributed by atoms with Crippen molar-refractivity contribution in [2.45, 2.75) is 86.2 Å². The smallest absolute Gasteiger partial charge is 0.239 e. The average Bonchev–Trinajstić information content (AvgIpc) is 3.21. The minimum absolute atomic E-state index is 0.0178. The van der Waals surface area contributed by atoms with Gasteiger partial charge in [-0.05, 0) is 18.2 Å². The first-order valence-corrected chi connectivity index (χ1v) is 17.5. The fraction of sp³-hybridized carbons (Fsp3) is 0.571. The highest BCUT2D eigenvalue weighted by Crippen LogP contribution is 2.51. The highest BCUT2D eigenvalue weighted by atomic mass is 16.8. The first kappa shape index (κ1) is 43.3. The molecule has 0 bridgehead atoms. The zero-order valence-corrected chi connectivity index (χ0v) is 31.0. The molecule has 58 heavy (non-hydrogen) atoms. The minimum Gasteiger partial charge on any atom is -0.504 e. The van der Waals surface area contributed by atoms with Crippen LogP contribution in [0.25, 0.3) is 22.3 Å². The van der Waals surface area contributed by atoms with Crippen LogP contribution in [0.1, 0.15) is 0 Å². The molecule has 3 aromatic rings. The molecule has 11 N–H and O–H groups in total. The summed E-state index contributed by atoms with van der Waals surface area (Å²) in [7, 11) is 4.68. The minimum atomic E-state index is -2.04. The third-order valence-electron chi connectivity index (χ3n) is 9.86. The Bertz CT molecular complexity index is 1970. The van der Waals surface area contributed by atoms with Gasteiger partial charge in [0.05, 0.1) is 34.5 Å². The van der Waals surface area contributed by atoms with Crippen molar-refractivity contribution in [2.24, 2.45) is 0 Å². The predicted octanol–water partition coefficient (Wildman–Crippen LogP) is -3.32. The first-order chi connectivity index (χ1) is 27.6. The van der Waals surface area contributed by atoms with Gasteiger partial charge in [-0.3, -0.25) is 4.79 Å². The van der Waals surface area contributed by atoms with E-state index in [4.69, 9.17) is 51.8 Å². The Hall–Kier alpha value is -4.31. The Morgan fingerprint density at radius 3 is 1.95 bits per heavy atom. The molecule has 0 spiro atoms. The van der Waals surface area contributed by atoms with E-state index in [1.54, 1.807) is 0 Å². The fourth-order valence-corrected chi connectivity index (χ4v) is 6.73. The number of aromatic hydroxyl groups is 3. The molecule has 14 atom stereocenters.